The first-order chi connectivity index (χ1) is 10.2. The van der Waals surface area contributed by atoms with Crippen molar-refractivity contribution in [1.29, 1.82) is 0 Å². The van der Waals surface area contributed by atoms with Gasteiger partial charge in [0.05, 0.1) is 0 Å². The first kappa shape index (κ1) is 16.5. The van der Waals surface area contributed by atoms with Gasteiger partial charge in [0.15, 0.2) is 0 Å². The summed E-state index contributed by atoms with van der Waals surface area (Å²) in [5.41, 5.74) is 0. The summed E-state index contributed by atoms with van der Waals surface area (Å²) < 4.78 is 10.4. The van der Waals surface area contributed by atoms with Crippen LogP contribution in [0.25, 0.3) is 0 Å². The quantitative estimate of drug-likeness (QED) is 0.631. The summed E-state index contributed by atoms with van der Waals surface area (Å²) in [5.74, 6) is 0. The van der Waals surface area contributed by atoms with E-state index in [4.69, 9.17) is 9.47 Å². The monoisotopic (exact) mass is 300 g/mol. The Hall–Kier alpha value is -0.890. The largest absolute Gasteiger partial charge is 0.508 e. The third kappa shape index (κ3) is 6.60. The maximum absolute atomic E-state index is 11.6. The molecule has 0 spiro atoms. The average Bonchev–Trinajstić information content (AvgIpc) is 2.49. The molecule has 7 nitrogen and oxygen atoms in total. The molecule has 1 atom stereocenters. The van der Waals surface area contributed by atoms with Crippen molar-refractivity contribution in [2.24, 2.45) is 0 Å². The number of hydrogen-bond acceptors (Lipinski definition) is 7. The molecule has 2 aliphatic rings. The number of piperazine rings is 2. The SMILES string of the molecule is CC(CN1CCNCC1)OC(=O)OCCN1CCNCC1. The molecule has 0 bridgehead atoms. The molecule has 21 heavy (non-hydrogen) atoms. The van der Waals surface area contributed by atoms with Gasteiger partial charge < -0.3 is 20.1 Å². The summed E-state index contributed by atoms with van der Waals surface area (Å²) in [7, 11) is 0. The molecule has 2 N–H and O–H groups in total. The maximum atomic E-state index is 11.6. The van der Waals surface area contributed by atoms with Crippen molar-refractivity contribution in [3.8, 4) is 0 Å². The van der Waals surface area contributed by atoms with Gasteiger partial charge in [0.2, 0.25) is 0 Å². The van der Waals surface area contributed by atoms with Crippen LogP contribution in [0.15, 0.2) is 0 Å². The zero-order chi connectivity index (χ0) is 14.9. The minimum Gasteiger partial charge on any atom is -0.433 e. The molecule has 2 fully saturated rings. The van der Waals surface area contributed by atoms with Crippen LogP contribution in [-0.4, -0.2) is 94.1 Å². The van der Waals surface area contributed by atoms with Crippen molar-refractivity contribution in [3.05, 3.63) is 0 Å². The third-order valence-electron chi connectivity index (χ3n) is 3.86. The summed E-state index contributed by atoms with van der Waals surface area (Å²) in [4.78, 5) is 16.2. The van der Waals surface area contributed by atoms with E-state index in [2.05, 4.69) is 20.4 Å². The number of nitrogens with one attached hydrogen (secondary N) is 2. The summed E-state index contributed by atoms with van der Waals surface area (Å²) in [6, 6.07) is 0. The minimum atomic E-state index is -0.548. The van der Waals surface area contributed by atoms with E-state index in [1.807, 2.05) is 6.92 Å². The van der Waals surface area contributed by atoms with E-state index in [1.165, 1.54) is 0 Å². The highest BCUT2D eigenvalue weighted by Gasteiger charge is 2.17. The standard InChI is InChI=1S/C14H28N4O3/c1-13(12-18-8-4-16-5-9-18)21-14(19)20-11-10-17-6-2-15-3-7-17/h13,15-16H,2-12H2,1H3. The fourth-order valence-corrected chi connectivity index (χ4v) is 2.69. The summed E-state index contributed by atoms with van der Waals surface area (Å²) >= 11 is 0. The molecule has 2 heterocycles. The molecule has 0 aromatic carbocycles. The van der Waals surface area contributed by atoms with Crippen LogP contribution in [0.2, 0.25) is 0 Å². The predicted molar refractivity (Wildman–Crippen MR) is 80.5 cm³/mol. The Balaban J connectivity index is 1.53. The van der Waals surface area contributed by atoms with E-state index in [0.717, 1.165) is 65.4 Å². The molecule has 122 valence electrons. The Morgan fingerprint density at radius 2 is 1.62 bits per heavy atom. The van der Waals surface area contributed by atoms with Crippen molar-refractivity contribution in [2.45, 2.75) is 13.0 Å². The molecule has 2 rings (SSSR count). The van der Waals surface area contributed by atoms with Crippen LogP contribution in [-0.2, 0) is 9.47 Å². The van der Waals surface area contributed by atoms with Gasteiger partial charge in [-0.1, -0.05) is 0 Å². The van der Waals surface area contributed by atoms with Gasteiger partial charge in [-0.05, 0) is 6.92 Å². The second-order valence-corrected chi connectivity index (χ2v) is 5.67. The van der Waals surface area contributed by atoms with Crippen molar-refractivity contribution in [1.82, 2.24) is 20.4 Å². The molecule has 0 saturated carbocycles. The van der Waals surface area contributed by atoms with Crippen molar-refractivity contribution < 1.29 is 14.3 Å². The number of carbonyl (C=O) groups excluding carboxylic acids is 1. The zero-order valence-electron chi connectivity index (χ0n) is 13.0. The fraction of sp³-hybridized carbons (Fsp3) is 0.929. The van der Waals surface area contributed by atoms with E-state index >= 15 is 0 Å². The second-order valence-electron chi connectivity index (χ2n) is 5.67. The smallest absolute Gasteiger partial charge is 0.433 e. The first-order valence-electron chi connectivity index (χ1n) is 7.93. The van der Waals surface area contributed by atoms with E-state index in [-0.39, 0.29) is 6.10 Å². The molecule has 2 aliphatic heterocycles. The van der Waals surface area contributed by atoms with Crippen molar-refractivity contribution in [3.63, 3.8) is 0 Å². The lowest BCUT2D eigenvalue weighted by Gasteiger charge is -2.29. The third-order valence-corrected chi connectivity index (χ3v) is 3.86. The van der Waals surface area contributed by atoms with E-state index in [9.17, 15) is 4.79 Å². The number of rotatable bonds is 6. The Labute approximate surface area is 126 Å². The summed E-state index contributed by atoms with van der Waals surface area (Å²) in [6.45, 7) is 11.9. The van der Waals surface area contributed by atoms with Gasteiger partial charge in [0.25, 0.3) is 0 Å². The molecule has 0 aliphatic carbocycles. The molecule has 1 unspecified atom stereocenters. The first-order valence-corrected chi connectivity index (χ1v) is 7.93. The van der Waals surface area contributed by atoms with E-state index < -0.39 is 6.16 Å². The topological polar surface area (TPSA) is 66.1 Å². The van der Waals surface area contributed by atoms with Gasteiger partial charge >= 0.3 is 6.16 Å². The van der Waals surface area contributed by atoms with Crippen LogP contribution >= 0.6 is 0 Å². The lowest BCUT2D eigenvalue weighted by Crippen LogP contribution is -2.46. The van der Waals surface area contributed by atoms with Crippen LogP contribution in [0.5, 0.6) is 0 Å². The van der Waals surface area contributed by atoms with Crippen LogP contribution in [0.4, 0.5) is 4.79 Å². The van der Waals surface area contributed by atoms with Gasteiger partial charge in [0, 0.05) is 65.4 Å². The molecule has 0 aromatic rings. The van der Waals surface area contributed by atoms with Gasteiger partial charge in [0.1, 0.15) is 12.7 Å². The summed E-state index contributed by atoms with van der Waals surface area (Å²) in [6.07, 6.45) is -0.678. The van der Waals surface area contributed by atoms with Gasteiger partial charge in [-0.3, -0.25) is 9.80 Å². The Morgan fingerprint density at radius 3 is 2.24 bits per heavy atom. The number of hydrogen-bond donors (Lipinski definition) is 2. The molecule has 0 amide bonds. The summed E-state index contributed by atoms with van der Waals surface area (Å²) in [5, 5.41) is 6.60. The van der Waals surface area contributed by atoms with Gasteiger partial charge in [-0.2, -0.15) is 0 Å². The highest BCUT2D eigenvalue weighted by atomic mass is 16.7. The Bertz CT molecular complexity index is 305. The van der Waals surface area contributed by atoms with Crippen molar-refractivity contribution in [2.75, 3.05) is 72.1 Å². The lowest BCUT2D eigenvalue weighted by atomic mass is 10.3. The molecule has 0 aromatic heterocycles. The van der Waals surface area contributed by atoms with Crippen LogP contribution in [0.3, 0.4) is 0 Å². The number of carbonyl (C=O) groups is 1. The zero-order valence-corrected chi connectivity index (χ0v) is 13.0. The molecular formula is C14H28N4O3. The number of nitrogens with zero attached hydrogens (tertiary/aromatic N) is 2. The molecule has 0 radical (unpaired) electrons. The van der Waals surface area contributed by atoms with E-state index in [1.54, 1.807) is 0 Å². The highest BCUT2D eigenvalue weighted by molar-refractivity contribution is 5.60. The van der Waals surface area contributed by atoms with Gasteiger partial charge in [-0.25, -0.2) is 4.79 Å². The predicted octanol–water partition coefficient (Wildman–Crippen LogP) is -0.661. The number of ether oxygens (including phenoxy) is 2. The lowest BCUT2D eigenvalue weighted by molar-refractivity contribution is 0.0114. The normalized spacial score (nSPS) is 22.7. The molecule has 2 saturated heterocycles. The minimum absolute atomic E-state index is 0.130. The fourth-order valence-electron chi connectivity index (χ4n) is 2.69. The van der Waals surface area contributed by atoms with Crippen LogP contribution in [0, 0.1) is 0 Å². The maximum Gasteiger partial charge on any atom is 0.508 e. The van der Waals surface area contributed by atoms with Gasteiger partial charge in [-0.15, -0.1) is 0 Å². The van der Waals surface area contributed by atoms with Crippen molar-refractivity contribution >= 4 is 6.16 Å². The molecule has 7 heteroatoms. The van der Waals surface area contributed by atoms with Crippen LogP contribution in [0.1, 0.15) is 6.92 Å². The highest BCUT2D eigenvalue weighted by Crippen LogP contribution is 2.01. The second kappa shape index (κ2) is 9.19. The average molecular weight is 300 g/mol. The molecular weight excluding hydrogens is 272 g/mol. The van der Waals surface area contributed by atoms with Crippen LogP contribution < -0.4 is 10.6 Å². The van der Waals surface area contributed by atoms with E-state index in [0.29, 0.717) is 6.61 Å². The Kier molecular flexibility index (Phi) is 7.21. The Morgan fingerprint density at radius 1 is 1.05 bits per heavy atom.